The van der Waals surface area contributed by atoms with E-state index in [1.54, 1.807) is 0 Å². The highest BCUT2D eigenvalue weighted by atomic mass is 32.2. The Hall–Kier alpha value is -1.81. The van der Waals surface area contributed by atoms with E-state index in [0.717, 1.165) is 10.3 Å². The van der Waals surface area contributed by atoms with Gasteiger partial charge in [-0.3, -0.25) is 0 Å². The summed E-state index contributed by atoms with van der Waals surface area (Å²) in [6.45, 7) is 0.118. The summed E-state index contributed by atoms with van der Waals surface area (Å²) in [6.07, 6.45) is 0. The monoisotopic (exact) mass is 244 g/mol. The third-order valence-electron chi connectivity index (χ3n) is 2.53. The second-order valence-electron chi connectivity index (χ2n) is 3.70. The summed E-state index contributed by atoms with van der Waals surface area (Å²) < 4.78 is 5.24. The SMILES string of the molecule is O=C1COC(Sc2cccc3ccccc23)=[NH+]1. The minimum absolute atomic E-state index is 0.0901. The molecule has 0 unspecified atom stereocenters. The molecule has 0 aliphatic carbocycles. The summed E-state index contributed by atoms with van der Waals surface area (Å²) in [7, 11) is 0. The van der Waals surface area contributed by atoms with E-state index in [-0.39, 0.29) is 12.5 Å². The number of fused-ring (bicyclic) bond motifs is 1. The fourth-order valence-corrected chi connectivity index (χ4v) is 2.68. The summed E-state index contributed by atoms with van der Waals surface area (Å²) in [6, 6.07) is 14.2. The highest BCUT2D eigenvalue weighted by molar-refractivity contribution is 8.13. The Bertz CT molecular complexity index is 616. The van der Waals surface area contributed by atoms with E-state index in [9.17, 15) is 4.79 Å². The van der Waals surface area contributed by atoms with E-state index in [1.807, 2.05) is 24.3 Å². The molecule has 0 bridgehead atoms. The number of carbonyl (C=O) groups excluding carboxylic acids is 1. The van der Waals surface area contributed by atoms with Gasteiger partial charge >= 0.3 is 11.1 Å². The largest absolute Gasteiger partial charge is 0.426 e. The molecule has 1 amide bonds. The molecule has 17 heavy (non-hydrogen) atoms. The van der Waals surface area contributed by atoms with Crippen LogP contribution in [0.2, 0.25) is 0 Å². The number of benzene rings is 2. The number of carbonyl (C=O) groups is 1. The van der Waals surface area contributed by atoms with Crippen LogP contribution in [-0.4, -0.2) is 17.7 Å². The third-order valence-corrected chi connectivity index (χ3v) is 3.51. The summed E-state index contributed by atoms with van der Waals surface area (Å²) in [4.78, 5) is 14.8. The molecule has 1 aliphatic rings. The quantitative estimate of drug-likeness (QED) is 0.811. The maximum Gasteiger partial charge on any atom is 0.426 e. The van der Waals surface area contributed by atoms with E-state index in [2.05, 4.69) is 23.2 Å². The molecule has 0 saturated heterocycles. The maximum absolute atomic E-state index is 11.0. The van der Waals surface area contributed by atoms with Gasteiger partial charge in [-0.05, 0) is 16.8 Å². The van der Waals surface area contributed by atoms with Crippen LogP contribution in [-0.2, 0) is 9.53 Å². The van der Waals surface area contributed by atoms with E-state index in [0.29, 0.717) is 5.23 Å². The molecule has 1 N–H and O–H groups in total. The first-order chi connectivity index (χ1) is 8.33. The van der Waals surface area contributed by atoms with Crippen molar-refractivity contribution in [3.63, 3.8) is 0 Å². The van der Waals surface area contributed by atoms with Gasteiger partial charge in [-0.2, -0.15) is 0 Å². The van der Waals surface area contributed by atoms with Crippen molar-refractivity contribution in [2.45, 2.75) is 4.90 Å². The number of rotatable bonds is 1. The Morgan fingerprint density at radius 1 is 1.12 bits per heavy atom. The van der Waals surface area contributed by atoms with Crippen LogP contribution in [0.15, 0.2) is 47.4 Å². The molecule has 84 valence electrons. The van der Waals surface area contributed by atoms with E-state index >= 15 is 0 Å². The third kappa shape index (κ3) is 2.03. The minimum atomic E-state index is -0.0901. The van der Waals surface area contributed by atoms with Gasteiger partial charge in [0.05, 0.1) is 0 Å². The number of ether oxygens (including phenoxy) is 1. The first-order valence-electron chi connectivity index (χ1n) is 5.28. The first-order valence-corrected chi connectivity index (χ1v) is 6.10. The average Bonchev–Trinajstić information content (AvgIpc) is 2.75. The zero-order chi connectivity index (χ0) is 11.7. The second-order valence-corrected chi connectivity index (χ2v) is 4.72. The zero-order valence-corrected chi connectivity index (χ0v) is 9.79. The molecule has 3 nitrogen and oxygen atoms in total. The van der Waals surface area contributed by atoms with Gasteiger partial charge in [0.15, 0.2) is 0 Å². The molecule has 0 saturated carbocycles. The predicted molar refractivity (Wildman–Crippen MR) is 66.7 cm³/mol. The van der Waals surface area contributed by atoms with Gasteiger partial charge in [0.25, 0.3) is 0 Å². The van der Waals surface area contributed by atoms with Gasteiger partial charge < -0.3 is 4.74 Å². The van der Waals surface area contributed by atoms with Crippen LogP contribution in [0.25, 0.3) is 10.8 Å². The van der Waals surface area contributed by atoms with Gasteiger partial charge in [0, 0.05) is 16.7 Å². The summed E-state index contributed by atoms with van der Waals surface area (Å²) in [5.41, 5.74) is 0. The van der Waals surface area contributed by atoms with Gasteiger partial charge in [-0.15, -0.1) is 4.99 Å². The van der Waals surface area contributed by atoms with Crippen LogP contribution in [0.5, 0.6) is 0 Å². The molecule has 2 aromatic carbocycles. The average molecular weight is 244 g/mol. The summed E-state index contributed by atoms with van der Waals surface area (Å²) in [5, 5.41) is 2.91. The van der Waals surface area contributed by atoms with Gasteiger partial charge in [0.2, 0.25) is 6.61 Å². The maximum atomic E-state index is 11.0. The lowest BCUT2D eigenvalue weighted by molar-refractivity contribution is -0.367. The fourth-order valence-electron chi connectivity index (χ4n) is 1.76. The number of nitrogens with one attached hydrogen (secondary N) is 1. The first kappa shape index (κ1) is 10.4. The van der Waals surface area contributed by atoms with Crippen molar-refractivity contribution in [1.82, 2.24) is 0 Å². The van der Waals surface area contributed by atoms with Crippen LogP contribution < -0.4 is 4.99 Å². The molecule has 4 heteroatoms. The topological polar surface area (TPSA) is 40.3 Å². The van der Waals surface area contributed by atoms with Crippen molar-refractivity contribution in [2.24, 2.45) is 0 Å². The normalized spacial score (nSPS) is 14.8. The molecule has 1 heterocycles. The molecule has 1 aliphatic heterocycles. The van der Waals surface area contributed by atoms with Crippen molar-refractivity contribution >= 4 is 33.7 Å². The Morgan fingerprint density at radius 2 is 1.94 bits per heavy atom. The lowest BCUT2D eigenvalue weighted by Gasteiger charge is -2.02. The minimum Gasteiger partial charge on any atom is -0.423 e. The van der Waals surface area contributed by atoms with Crippen molar-refractivity contribution < 1.29 is 14.5 Å². The summed E-state index contributed by atoms with van der Waals surface area (Å²) >= 11 is 1.45. The highest BCUT2D eigenvalue weighted by Gasteiger charge is 2.25. The molecule has 2 aromatic rings. The van der Waals surface area contributed by atoms with Crippen LogP contribution in [0.3, 0.4) is 0 Å². The zero-order valence-electron chi connectivity index (χ0n) is 8.97. The number of hydrogen-bond donors (Lipinski definition) is 1. The van der Waals surface area contributed by atoms with Gasteiger partial charge in [-0.25, -0.2) is 4.79 Å². The Kier molecular flexibility index (Phi) is 2.57. The van der Waals surface area contributed by atoms with Crippen LogP contribution in [0.1, 0.15) is 0 Å². The van der Waals surface area contributed by atoms with Crippen molar-refractivity contribution in [3.05, 3.63) is 42.5 Å². The van der Waals surface area contributed by atoms with Crippen LogP contribution in [0.4, 0.5) is 0 Å². The van der Waals surface area contributed by atoms with Gasteiger partial charge in [-0.1, -0.05) is 36.4 Å². The predicted octanol–water partition coefficient (Wildman–Crippen LogP) is 0.925. The highest BCUT2D eigenvalue weighted by Crippen LogP contribution is 2.28. The number of amides is 1. The lowest BCUT2D eigenvalue weighted by atomic mass is 10.1. The molecule has 3 rings (SSSR count). The molecule has 0 fully saturated rings. The molecule has 0 radical (unpaired) electrons. The Labute approximate surface area is 102 Å². The standard InChI is InChI=1S/C13H9NO2S/c15-12-8-16-13(14-12)17-11-7-3-5-9-4-1-2-6-10(9)11/h1-7H,8H2/p+1. The van der Waals surface area contributed by atoms with Crippen molar-refractivity contribution in [1.29, 1.82) is 0 Å². The smallest absolute Gasteiger partial charge is 0.423 e. The van der Waals surface area contributed by atoms with Crippen molar-refractivity contribution in [3.8, 4) is 0 Å². The number of hydrogen-bond acceptors (Lipinski definition) is 3. The Morgan fingerprint density at radius 3 is 2.76 bits per heavy atom. The molecule has 0 aromatic heterocycles. The van der Waals surface area contributed by atoms with Crippen LogP contribution >= 0.6 is 11.8 Å². The van der Waals surface area contributed by atoms with Crippen molar-refractivity contribution in [2.75, 3.05) is 6.61 Å². The fraction of sp³-hybridized carbons (Fsp3) is 0.0769. The van der Waals surface area contributed by atoms with Crippen LogP contribution in [0, 0.1) is 0 Å². The molecule has 0 atom stereocenters. The second kappa shape index (κ2) is 4.22. The Balaban J connectivity index is 2.00. The molecular formula is C13H10NO2S+. The van der Waals surface area contributed by atoms with E-state index in [1.165, 1.54) is 17.1 Å². The van der Waals surface area contributed by atoms with E-state index < -0.39 is 0 Å². The summed E-state index contributed by atoms with van der Waals surface area (Å²) in [5.74, 6) is -0.0901. The molecule has 0 spiro atoms. The van der Waals surface area contributed by atoms with E-state index in [4.69, 9.17) is 4.74 Å². The van der Waals surface area contributed by atoms with Gasteiger partial charge in [0.1, 0.15) is 0 Å². The molecular weight excluding hydrogens is 234 g/mol. The lowest BCUT2D eigenvalue weighted by Crippen LogP contribution is -2.73. The number of thioether (sulfide) groups is 1.